The number of thioether (sulfide) groups is 1. The molecule has 7 nitrogen and oxygen atoms in total. The molecule has 0 saturated heterocycles. The van der Waals surface area contributed by atoms with Crippen molar-refractivity contribution < 1.29 is 4.79 Å². The fourth-order valence-electron chi connectivity index (χ4n) is 2.49. The number of nitrogens with zero attached hydrogens (tertiary/aromatic N) is 5. The van der Waals surface area contributed by atoms with E-state index in [1.807, 2.05) is 60.8 Å². The minimum Gasteiger partial charge on any atom is -0.301 e. The predicted molar refractivity (Wildman–Crippen MR) is 118 cm³/mol. The van der Waals surface area contributed by atoms with Gasteiger partial charge in [-0.3, -0.25) is 4.79 Å². The van der Waals surface area contributed by atoms with Crippen LogP contribution in [-0.2, 0) is 4.79 Å². The first-order valence-electron chi connectivity index (χ1n) is 8.58. The summed E-state index contributed by atoms with van der Waals surface area (Å²) in [5.74, 6) is 0.0181. The van der Waals surface area contributed by atoms with Gasteiger partial charge in [-0.1, -0.05) is 57.5 Å². The van der Waals surface area contributed by atoms with Gasteiger partial charge in [0.25, 0.3) is 0 Å². The summed E-state index contributed by atoms with van der Waals surface area (Å²) < 4.78 is 2.63. The Morgan fingerprint density at radius 3 is 2.69 bits per heavy atom. The van der Waals surface area contributed by atoms with Gasteiger partial charge >= 0.3 is 0 Å². The van der Waals surface area contributed by atoms with Crippen LogP contribution in [0.5, 0.6) is 0 Å². The smallest absolute Gasteiger partial charge is 0.236 e. The molecule has 0 aliphatic carbocycles. The van der Waals surface area contributed by atoms with Gasteiger partial charge in [0.2, 0.25) is 11.1 Å². The molecule has 146 valence electrons. The first kappa shape index (κ1) is 19.7. The number of carbonyl (C=O) groups is 1. The van der Waals surface area contributed by atoms with Gasteiger partial charge in [0.1, 0.15) is 0 Å². The summed E-state index contributed by atoms with van der Waals surface area (Å²) in [7, 11) is 0. The summed E-state index contributed by atoms with van der Waals surface area (Å²) in [6, 6.07) is 15.7. The first-order valence-corrected chi connectivity index (χ1v) is 11.2. The number of rotatable bonds is 6. The number of thiazole rings is 1. The number of anilines is 1. The number of nitrogens with one attached hydrogen (secondary N) is 1. The van der Waals surface area contributed by atoms with Crippen molar-refractivity contribution in [2.75, 3.05) is 11.1 Å². The van der Waals surface area contributed by atoms with Crippen LogP contribution in [0, 0.1) is 6.92 Å². The molecule has 0 atom stereocenters. The molecule has 1 amide bonds. The molecule has 2 aromatic heterocycles. The van der Waals surface area contributed by atoms with Crippen molar-refractivity contribution in [3.05, 3.63) is 63.9 Å². The highest BCUT2D eigenvalue weighted by molar-refractivity contribution is 9.10. The zero-order valence-electron chi connectivity index (χ0n) is 15.2. The second kappa shape index (κ2) is 8.85. The van der Waals surface area contributed by atoms with Crippen LogP contribution in [0.3, 0.4) is 0 Å². The van der Waals surface area contributed by atoms with Gasteiger partial charge < -0.3 is 5.32 Å². The van der Waals surface area contributed by atoms with Crippen molar-refractivity contribution >= 4 is 50.1 Å². The maximum atomic E-state index is 12.3. The number of amides is 1. The van der Waals surface area contributed by atoms with Gasteiger partial charge in [-0.25, -0.2) is 4.98 Å². The maximum Gasteiger partial charge on any atom is 0.236 e. The molecule has 0 aliphatic rings. The fourth-order valence-corrected chi connectivity index (χ4v) is 4.18. The summed E-state index contributed by atoms with van der Waals surface area (Å²) in [4.78, 5) is 16.8. The lowest BCUT2D eigenvalue weighted by atomic mass is 10.2. The summed E-state index contributed by atoms with van der Waals surface area (Å²) in [6.45, 7) is 2.02. The van der Waals surface area contributed by atoms with Crippen molar-refractivity contribution in [3.63, 3.8) is 0 Å². The molecule has 29 heavy (non-hydrogen) atoms. The Morgan fingerprint density at radius 1 is 1.17 bits per heavy atom. The van der Waals surface area contributed by atoms with Crippen molar-refractivity contribution in [2.24, 2.45) is 0 Å². The van der Waals surface area contributed by atoms with Crippen LogP contribution in [0.15, 0.2) is 63.5 Å². The lowest BCUT2D eigenvalue weighted by molar-refractivity contribution is -0.113. The number of halogens is 1. The van der Waals surface area contributed by atoms with Crippen LogP contribution < -0.4 is 5.32 Å². The lowest BCUT2D eigenvalue weighted by Gasteiger charge is -2.04. The van der Waals surface area contributed by atoms with Crippen LogP contribution in [-0.4, -0.2) is 36.9 Å². The molecule has 0 fully saturated rings. The SMILES string of the molecule is Cc1ccc(-n2nnnc2SCC(=O)Nc2nc(-c3ccc(Br)cc3)cs2)cc1. The van der Waals surface area contributed by atoms with E-state index in [2.05, 4.69) is 41.8 Å². The number of aryl methyl sites for hydroxylation is 1. The Kier molecular flexibility index (Phi) is 6.02. The molecule has 0 saturated carbocycles. The molecule has 1 N–H and O–H groups in total. The monoisotopic (exact) mass is 486 g/mol. The average molecular weight is 487 g/mol. The van der Waals surface area contributed by atoms with Gasteiger partial charge in [-0.15, -0.1) is 16.4 Å². The van der Waals surface area contributed by atoms with Gasteiger partial charge in [0, 0.05) is 15.4 Å². The van der Waals surface area contributed by atoms with E-state index in [0.717, 1.165) is 27.0 Å². The minimum atomic E-state index is -0.162. The number of aromatic nitrogens is 5. The molecule has 0 aliphatic heterocycles. The van der Waals surface area contributed by atoms with Crippen LogP contribution >= 0.6 is 39.0 Å². The van der Waals surface area contributed by atoms with Crippen LogP contribution in [0.25, 0.3) is 16.9 Å². The third-order valence-corrected chi connectivity index (χ3v) is 6.15. The van der Waals surface area contributed by atoms with Crippen molar-refractivity contribution in [1.29, 1.82) is 0 Å². The Labute approximate surface area is 183 Å². The third kappa shape index (κ3) is 4.89. The quantitative estimate of drug-likeness (QED) is 0.401. The number of carbonyl (C=O) groups excluding carboxylic acids is 1. The van der Waals surface area contributed by atoms with Crippen LogP contribution in [0.2, 0.25) is 0 Å². The second-order valence-electron chi connectivity index (χ2n) is 6.09. The molecule has 4 rings (SSSR count). The van der Waals surface area contributed by atoms with E-state index in [1.54, 1.807) is 4.68 Å². The molecular weight excluding hydrogens is 472 g/mol. The molecule has 0 spiro atoms. The van der Waals surface area contributed by atoms with E-state index in [0.29, 0.717) is 10.3 Å². The summed E-state index contributed by atoms with van der Waals surface area (Å²) in [5.41, 5.74) is 3.83. The number of benzene rings is 2. The van der Waals surface area contributed by atoms with Gasteiger partial charge in [0.15, 0.2) is 5.13 Å². The minimum absolute atomic E-state index is 0.162. The van der Waals surface area contributed by atoms with E-state index < -0.39 is 0 Å². The molecule has 0 bridgehead atoms. The second-order valence-corrected chi connectivity index (χ2v) is 8.81. The van der Waals surface area contributed by atoms with Crippen molar-refractivity contribution in [3.8, 4) is 16.9 Å². The zero-order valence-corrected chi connectivity index (χ0v) is 18.5. The van der Waals surface area contributed by atoms with Crippen LogP contribution in [0.1, 0.15) is 5.56 Å². The van der Waals surface area contributed by atoms with Crippen LogP contribution in [0.4, 0.5) is 5.13 Å². The predicted octanol–water partition coefficient (Wildman–Crippen LogP) is 4.59. The first-order chi connectivity index (χ1) is 14.1. The zero-order chi connectivity index (χ0) is 20.2. The molecule has 2 aromatic carbocycles. The molecule has 4 aromatic rings. The Morgan fingerprint density at radius 2 is 1.93 bits per heavy atom. The van der Waals surface area contributed by atoms with E-state index in [9.17, 15) is 4.79 Å². The number of hydrogen-bond acceptors (Lipinski definition) is 7. The molecular formula is C19H15BrN6OS2. The van der Waals surface area contributed by atoms with E-state index in [1.165, 1.54) is 23.1 Å². The third-order valence-electron chi connectivity index (χ3n) is 3.94. The number of tetrazole rings is 1. The van der Waals surface area contributed by atoms with Crippen molar-refractivity contribution in [2.45, 2.75) is 12.1 Å². The summed E-state index contributed by atoms with van der Waals surface area (Å²) >= 11 is 6.08. The molecule has 10 heteroatoms. The fraction of sp³-hybridized carbons (Fsp3) is 0.105. The van der Waals surface area contributed by atoms with Gasteiger partial charge in [-0.2, -0.15) is 4.68 Å². The molecule has 0 radical (unpaired) electrons. The average Bonchev–Trinajstić information content (AvgIpc) is 3.37. The summed E-state index contributed by atoms with van der Waals surface area (Å²) in [6.07, 6.45) is 0. The Bertz CT molecular complexity index is 1120. The largest absolute Gasteiger partial charge is 0.301 e. The Balaban J connectivity index is 1.37. The summed E-state index contributed by atoms with van der Waals surface area (Å²) in [5, 5.41) is 17.6. The van der Waals surface area contributed by atoms with E-state index >= 15 is 0 Å². The van der Waals surface area contributed by atoms with E-state index in [-0.39, 0.29) is 11.7 Å². The molecule has 2 heterocycles. The standard InChI is InChI=1S/C19H15BrN6OS2/c1-12-2-8-15(9-3-12)26-19(23-24-25-26)29-11-17(27)22-18-21-16(10-28-18)13-4-6-14(20)7-5-13/h2-10H,11H2,1H3,(H,21,22,27). The lowest BCUT2D eigenvalue weighted by Crippen LogP contribution is -2.14. The molecule has 0 unspecified atom stereocenters. The van der Waals surface area contributed by atoms with Crippen molar-refractivity contribution in [1.82, 2.24) is 25.2 Å². The number of hydrogen-bond donors (Lipinski definition) is 1. The highest BCUT2D eigenvalue weighted by atomic mass is 79.9. The Hall–Kier alpha value is -2.56. The highest BCUT2D eigenvalue weighted by Crippen LogP contribution is 2.26. The van der Waals surface area contributed by atoms with Gasteiger partial charge in [-0.05, 0) is 41.6 Å². The maximum absolute atomic E-state index is 12.3. The highest BCUT2D eigenvalue weighted by Gasteiger charge is 2.13. The van der Waals surface area contributed by atoms with E-state index in [4.69, 9.17) is 0 Å². The van der Waals surface area contributed by atoms with Gasteiger partial charge in [0.05, 0.1) is 17.1 Å². The topological polar surface area (TPSA) is 85.6 Å². The normalized spacial score (nSPS) is 10.8.